The Labute approximate surface area is 205 Å². The lowest BCUT2D eigenvalue weighted by Gasteiger charge is -2.33. The summed E-state index contributed by atoms with van der Waals surface area (Å²) >= 11 is 0. The Morgan fingerprint density at radius 1 is 0.943 bits per heavy atom. The molecule has 3 aliphatic carbocycles. The molecule has 3 N–H and O–H groups in total. The number of fused-ring (bicyclic) bond motifs is 3. The van der Waals surface area contributed by atoms with Crippen molar-refractivity contribution in [2.24, 2.45) is 5.92 Å². The maximum Gasteiger partial charge on any atom is 0.407 e. The van der Waals surface area contributed by atoms with Crippen LogP contribution in [0.5, 0.6) is 0 Å². The average Bonchev–Trinajstić information content (AvgIpc) is 3.38. The summed E-state index contributed by atoms with van der Waals surface area (Å²) in [5.41, 5.74) is 3.93. The van der Waals surface area contributed by atoms with Crippen LogP contribution in [0.4, 0.5) is 4.79 Å². The number of rotatable bonds is 8. The Morgan fingerprint density at radius 2 is 1.54 bits per heavy atom. The second kappa shape index (κ2) is 9.72. The minimum Gasteiger partial charge on any atom is -0.480 e. The van der Waals surface area contributed by atoms with Crippen molar-refractivity contribution in [2.45, 2.75) is 68.9 Å². The zero-order chi connectivity index (χ0) is 24.4. The summed E-state index contributed by atoms with van der Waals surface area (Å²) in [6.45, 7) is 0.213. The Bertz CT molecular complexity index is 1070. The third-order valence-electron chi connectivity index (χ3n) is 7.97. The van der Waals surface area contributed by atoms with Gasteiger partial charge in [-0.05, 0) is 53.9 Å². The van der Waals surface area contributed by atoms with Crippen molar-refractivity contribution < 1.29 is 24.2 Å². The van der Waals surface area contributed by atoms with Gasteiger partial charge in [-0.25, -0.2) is 9.59 Å². The van der Waals surface area contributed by atoms with E-state index in [-0.39, 0.29) is 30.8 Å². The van der Waals surface area contributed by atoms with Gasteiger partial charge in [-0.3, -0.25) is 4.79 Å². The minimum atomic E-state index is -0.993. The Kier molecular flexibility index (Phi) is 6.50. The molecule has 2 saturated carbocycles. The summed E-state index contributed by atoms with van der Waals surface area (Å²) in [6.07, 6.45) is 5.32. The molecule has 2 fully saturated rings. The molecule has 0 bridgehead atoms. The SMILES string of the molecule is O=C(CC1(NC(=O)OCC2c3ccccc3-c3ccccc32)CCCC1)NC(C(=O)O)C1CCC1. The van der Waals surface area contributed by atoms with Crippen molar-refractivity contribution in [2.75, 3.05) is 6.61 Å². The highest BCUT2D eigenvalue weighted by molar-refractivity contribution is 5.85. The summed E-state index contributed by atoms with van der Waals surface area (Å²) in [5, 5.41) is 15.2. The van der Waals surface area contributed by atoms with Gasteiger partial charge in [-0.15, -0.1) is 0 Å². The van der Waals surface area contributed by atoms with Gasteiger partial charge in [-0.2, -0.15) is 0 Å². The summed E-state index contributed by atoms with van der Waals surface area (Å²) in [4.78, 5) is 37.4. The maximum atomic E-state index is 12.9. The first kappa shape index (κ1) is 23.4. The monoisotopic (exact) mass is 476 g/mol. The van der Waals surface area contributed by atoms with Gasteiger partial charge >= 0.3 is 12.1 Å². The van der Waals surface area contributed by atoms with Crippen molar-refractivity contribution in [1.82, 2.24) is 10.6 Å². The number of carbonyl (C=O) groups is 3. The molecule has 5 rings (SSSR count). The minimum absolute atomic E-state index is 0.00827. The topological polar surface area (TPSA) is 105 Å². The highest BCUT2D eigenvalue weighted by atomic mass is 16.5. The Balaban J connectivity index is 1.22. The lowest BCUT2D eigenvalue weighted by atomic mass is 9.79. The Morgan fingerprint density at radius 3 is 2.09 bits per heavy atom. The van der Waals surface area contributed by atoms with Crippen molar-refractivity contribution >= 4 is 18.0 Å². The van der Waals surface area contributed by atoms with E-state index < -0.39 is 23.6 Å². The normalized spacial score (nSPS) is 19.2. The molecule has 2 amide bonds. The second-order valence-corrected chi connectivity index (χ2v) is 10.2. The van der Waals surface area contributed by atoms with Gasteiger partial charge in [0.15, 0.2) is 0 Å². The number of ether oxygens (including phenoxy) is 1. The van der Waals surface area contributed by atoms with Gasteiger partial charge in [0.05, 0.1) is 5.54 Å². The van der Waals surface area contributed by atoms with Crippen LogP contribution in [0.2, 0.25) is 0 Å². The molecule has 0 radical (unpaired) electrons. The van der Waals surface area contributed by atoms with E-state index in [1.165, 1.54) is 11.1 Å². The summed E-state index contributed by atoms with van der Waals surface area (Å²) in [6, 6.07) is 15.5. The molecule has 0 aliphatic heterocycles. The number of nitrogens with one attached hydrogen (secondary N) is 2. The van der Waals surface area contributed by atoms with E-state index in [1.807, 2.05) is 24.3 Å². The van der Waals surface area contributed by atoms with Crippen molar-refractivity contribution in [3.05, 3.63) is 59.7 Å². The predicted molar refractivity (Wildman–Crippen MR) is 131 cm³/mol. The Hall–Kier alpha value is -3.35. The summed E-state index contributed by atoms with van der Waals surface area (Å²) in [7, 11) is 0. The number of alkyl carbamates (subject to hydrolysis) is 1. The van der Waals surface area contributed by atoms with Gasteiger partial charge in [0.25, 0.3) is 0 Å². The number of aliphatic carboxylic acids is 1. The number of carboxylic acids is 1. The van der Waals surface area contributed by atoms with Crippen molar-refractivity contribution in [3.63, 3.8) is 0 Å². The molecule has 1 atom stereocenters. The number of amides is 2. The van der Waals surface area contributed by atoms with Gasteiger partial charge in [-0.1, -0.05) is 67.8 Å². The first-order valence-electron chi connectivity index (χ1n) is 12.6. The van der Waals surface area contributed by atoms with Crippen molar-refractivity contribution in [1.29, 1.82) is 0 Å². The van der Waals surface area contributed by atoms with Crippen LogP contribution < -0.4 is 10.6 Å². The number of hydrogen-bond acceptors (Lipinski definition) is 4. The number of benzene rings is 2. The average molecular weight is 477 g/mol. The van der Waals surface area contributed by atoms with Crippen LogP contribution in [-0.4, -0.2) is 41.3 Å². The van der Waals surface area contributed by atoms with E-state index in [2.05, 4.69) is 34.9 Å². The van der Waals surface area contributed by atoms with E-state index >= 15 is 0 Å². The zero-order valence-electron chi connectivity index (χ0n) is 19.8. The molecule has 0 spiro atoms. The van der Waals surface area contributed by atoms with E-state index in [9.17, 15) is 19.5 Å². The number of hydrogen-bond donors (Lipinski definition) is 3. The number of carbonyl (C=O) groups excluding carboxylic acids is 2. The largest absolute Gasteiger partial charge is 0.480 e. The zero-order valence-corrected chi connectivity index (χ0v) is 19.8. The molecular weight excluding hydrogens is 444 g/mol. The molecular formula is C28H32N2O5. The third kappa shape index (κ3) is 4.77. The lowest BCUT2D eigenvalue weighted by Crippen LogP contribution is -2.53. The van der Waals surface area contributed by atoms with E-state index in [1.54, 1.807) is 0 Å². The quantitative estimate of drug-likeness (QED) is 0.517. The van der Waals surface area contributed by atoms with Crippen molar-refractivity contribution in [3.8, 4) is 11.1 Å². The molecule has 0 aromatic heterocycles. The van der Waals surface area contributed by atoms with Crippen LogP contribution in [0.1, 0.15) is 68.4 Å². The first-order valence-corrected chi connectivity index (χ1v) is 12.6. The fraction of sp³-hybridized carbons (Fsp3) is 0.464. The van der Waals surface area contributed by atoms with Crippen LogP contribution in [0.3, 0.4) is 0 Å². The van der Waals surface area contributed by atoms with Gasteiger partial charge in [0.1, 0.15) is 12.6 Å². The molecule has 0 saturated heterocycles. The van der Waals surface area contributed by atoms with Crippen LogP contribution in [-0.2, 0) is 14.3 Å². The van der Waals surface area contributed by atoms with Crippen LogP contribution in [0, 0.1) is 5.92 Å². The lowest BCUT2D eigenvalue weighted by molar-refractivity contribution is -0.144. The molecule has 2 aromatic rings. The molecule has 0 heterocycles. The molecule has 7 heteroatoms. The number of carboxylic acid groups (broad SMARTS) is 1. The third-order valence-corrected chi connectivity index (χ3v) is 7.97. The molecule has 35 heavy (non-hydrogen) atoms. The summed E-state index contributed by atoms with van der Waals surface area (Å²) in [5.74, 6) is -1.36. The highest BCUT2D eigenvalue weighted by Crippen LogP contribution is 2.44. The molecule has 2 aromatic carbocycles. The molecule has 7 nitrogen and oxygen atoms in total. The molecule has 3 aliphatic rings. The van der Waals surface area contributed by atoms with E-state index in [0.29, 0.717) is 12.8 Å². The fourth-order valence-corrected chi connectivity index (χ4v) is 5.93. The second-order valence-electron chi connectivity index (χ2n) is 10.2. The van der Waals surface area contributed by atoms with Crippen LogP contribution in [0.25, 0.3) is 11.1 Å². The molecule has 184 valence electrons. The maximum absolute atomic E-state index is 12.9. The van der Waals surface area contributed by atoms with E-state index in [4.69, 9.17) is 4.74 Å². The standard InChI is InChI=1S/C28H32N2O5/c31-24(29-25(26(32)33)18-8-7-9-18)16-28(14-5-6-15-28)30-27(34)35-17-23-21-12-3-1-10-19(21)20-11-2-4-13-22(20)23/h1-4,10-13,18,23,25H,5-9,14-17H2,(H,29,31)(H,30,34)(H,32,33). The summed E-state index contributed by atoms with van der Waals surface area (Å²) < 4.78 is 5.72. The molecule has 1 unspecified atom stereocenters. The first-order chi connectivity index (χ1) is 17.0. The van der Waals surface area contributed by atoms with Gasteiger partial charge in [0, 0.05) is 12.3 Å². The predicted octanol–water partition coefficient (Wildman–Crippen LogP) is 4.60. The van der Waals surface area contributed by atoms with Gasteiger partial charge in [0.2, 0.25) is 5.91 Å². The van der Waals surface area contributed by atoms with Crippen LogP contribution in [0.15, 0.2) is 48.5 Å². The van der Waals surface area contributed by atoms with E-state index in [0.717, 1.165) is 43.2 Å². The van der Waals surface area contributed by atoms with Gasteiger partial charge < -0.3 is 20.5 Å². The fourth-order valence-electron chi connectivity index (χ4n) is 5.93. The smallest absolute Gasteiger partial charge is 0.407 e. The van der Waals surface area contributed by atoms with Crippen LogP contribution >= 0.6 is 0 Å². The highest BCUT2D eigenvalue weighted by Gasteiger charge is 2.40.